The number of nitrogens with zero attached hydrogens (tertiary/aromatic N) is 2. The van der Waals surface area contributed by atoms with Crippen LogP contribution >= 0.6 is 0 Å². The summed E-state index contributed by atoms with van der Waals surface area (Å²) < 4.78 is 5.58. The molecule has 0 bridgehead atoms. The Kier molecular flexibility index (Phi) is 9.25. The summed E-state index contributed by atoms with van der Waals surface area (Å²) >= 11 is 0. The second-order valence-corrected chi connectivity index (χ2v) is 9.15. The lowest BCUT2D eigenvalue weighted by molar-refractivity contribution is -0.146. The van der Waals surface area contributed by atoms with Gasteiger partial charge >= 0.3 is 12.1 Å². The van der Waals surface area contributed by atoms with Crippen LogP contribution < -0.4 is 5.32 Å². The molecule has 188 valence electrons. The van der Waals surface area contributed by atoms with E-state index in [9.17, 15) is 19.5 Å². The monoisotopic (exact) mass is 481 g/mol. The number of hydrogen-bond acceptors (Lipinski definition) is 5. The molecule has 3 rings (SSSR count). The van der Waals surface area contributed by atoms with Crippen molar-refractivity contribution in [2.45, 2.75) is 25.7 Å². The highest BCUT2D eigenvalue weighted by Gasteiger charge is 2.30. The van der Waals surface area contributed by atoms with Gasteiger partial charge in [-0.05, 0) is 42.8 Å². The number of hydrogen-bond donors (Lipinski definition) is 2. The minimum absolute atomic E-state index is 0.0432. The Morgan fingerprint density at radius 1 is 1.00 bits per heavy atom. The van der Waals surface area contributed by atoms with Crippen LogP contribution in [0.3, 0.4) is 0 Å². The largest absolute Gasteiger partial charge is 0.480 e. The van der Waals surface area contributed by atoms with Crippen molar-refractivity contribution in [3.63, 3.8) is 0 Å². The van der Waals surface area contributed by atoms with E-state index in [2.05, 4.69) is 29.6 Å². The average molecular weight is 482 g/mol. The van der Waals surface area contributed by atoms with E-state index in [0.29, 0.717) is 19.5 Å². The molecule has 0 saturated heterocycles. The minimum atomic E-state index is -1.06. The van der Waals surface area contributed by atoms with Gasteiger partial charge in [-0.1, -0.05) is 61.9 Å². The molecule has 1 aliphatic rings. The Labute approximate surface area is 206 Å². The number of likely N-dealkylation sites (N-methyl/N-ethyl adjacent to an activating group) is 1. The summed E-state index contributed by atoms with van der Waals surface area (Å²) in [6.07, 6.45) is 0.691. The van der Waals surface area contributed by atoms with E-state index in [4.69, 9.17) is 4.74 Å². The molecule has 2 aromatic carbocycles. The number of carboxylic acids is 1. The van der Waals surface area contributed by atoms with Crippen LogP contribution in [0.5, 0.6) is 0 Å². The zero-order valence-corrected chi connectivity index (χ0v) is 20.7. The summed E-state index contributed by atoms with van der Waals surface area (Å²) in [6, 6.07) is 16.2. The summed E-state index contributed by atoms with van der Waals surface area (Å²) in [5.74, 6) is -1.88. The highest BCUT2D eigenvalue weighted by Crippen LogP contribution is 2.44. The van der Waals surface area contributed by atoms with E-state index in [1.165, 1.54) is 4.90 Å². The fourth-order valence-corrected chi connectivity index (χ4v) is 4.53. The topological polar surface area (TPSA) is 99.2 Å². The third-order valence-corrected chi connectivity index (χ3v) is 6.28. The Bertz CT molecular complexity index is 993. The number of carbonyl (C=O) groups is 3. The summed E-state index contributed by atoms with van der Waals surface area (Å²) in [6.45, 7) is 2.75. The molecule has 35 heavy (non-hydrogen) atoms. The van der Waals surface area contributed by atoms with Gasteiger partial charge in [0.1, 0.15) is 13.2 Å². The summed E-state index contributed by atoms with van der Waals surface area (Å²) in [5, 5.41) is 12.0. The fraction of sp³-hybridized carbons (Fsp3) is 0.444. The van der Waals surface area contributed by atoms with Gasteiger partial charge in [-0.3, -0.25) is 9.59 Å². The van der Waals surface area contributed by atoms with Crippen molar-refractivity contribution in [3.05, 3.63) is 59.7 Å². The molecule has 2 aromatic rings. The molecular weight excluding hydrogens is 446 g/mol. The first-order valence-electron chi connectivity index (χ1n) is 12.1. The molecule has 1 aliphatic carbocycles. The Morgan fingerprint density at radius 2 is 1.60 bits per heavy atom. The van der Waals surface area contributed by atoms with Gasteiger partial charge in [0.05, 0.1) is 5.92 Å². The molecule has 8 nitrogen and oxygen atoms in total. The lowest BCUT2D eigenvalue weighted by atomic mass is 9.98. The number of ether oxygens (including phenoxy) is 1. The Hall–Kier alpha value is -3.39. The van der Waals surface area contributed by atoms with Crippen LogP contribution in [0.1, 0.15) is 36.8 Å². The number of aliphatic carboxylic acids is 1. The standard InChI is InChI=1S/C27H35N3O5/c1-4-9-19(26(33)30(17-25(31)32)15-14-29(2)3)16-28-27(34)35-18-24-22-12-7-5-10-20(22)21-11-6-8-13-23(21)24/h5-8,10-13,19,24H,4,9,14-18H2,1-3H3,(H,28,34)(H,31,32). The molecule has 1 atom stereocenters. The molecule has 0 heterocycles. The van der Waals surface area contributed by atoms with Gasteiger partial charge in [0, 0.05) is 25.6 Å². The normalized spacial score (nSPS) is 13.1. The van der Waals surface area contributed by atoms with Gasteiger partial charge in [-0.25, -0.2) is 4.79 Å². The minimum Gasteiger partial charge on any atom is -0.480 e. The van der Waals surface area contributed by atoms with Crippen LogP contribution in [0, 0.1) is 5.92 Å². The van der Waals surface area contributed by atoms with Crippen molar-refractivity contribution >= 4 is 18.0 Å². The van der Waals surface area contributed by atoms with Gasteiger partial charge in [0.15, 0.2) is 0 Å². The molecule has 2 N–H and O–H groups in total. The zero-order chi connectivity index (χ0) is 25.4. The molecule has 0 aromatic heterocycles. The van der Waals surface area contributed by atoms with E-state index in [0.717, 1.165) is 28.7 Å². The molecule has 1 unspecified atom stereocenters. The number of carboxylic acid groups (broad SMARTS) is 1. The van der Waals surface area contributed by atoms with Crippen molar-refractivity contribution in [1.82, 2.24) is 15.1 Å². The molecule has 0 fully saturated rings. The van der Waals surface area contributed by atoms with Crippen LogP contribution in [0.25, 0.3) is 11.1 Å². The molecule has 0 radical (unpaired) electrons. The van der Waals surface area contributed by atoms with Gasteiger partial charge in [0.2, 0.25) is 5.91 Å². The number of alkyl carbamates (subject to hydrolysis) is 1. The first kappa shape index (κ1) is 26.2. The maximum atomic E-state index is 13.1. The maximum absolute atomic E-state index is 13.1. The molecule has 8 heteroatoms. The smallest absolute Gasteiger partial charge is 0.407 e. The third kappa shape index (κ3) is 6.82. The van der Waals surface area contributed by atoms with Crippen LogP contribution in [-0.4, -0.2) is 79.8 Å². The van der Waals surface area contributed by atoms with Gasteiger partial charge in [-0.15, -0.1) is 0 Å². The molecular formula is C27H35N3O5. The van der Waals surface area contributed by atoms with Gasteiger partial charge in [0.25, 0.3) is 0 Å². The van der Waals surface area contributed by atoms with Gasteiger partial charge in [-0.2, -0.15) is 0 Å². The number of rotatable bonds is 12. The Morgan fingerprint density at radius 3 is 2.14 bits per heavy atom. The van der Waals surface area contributed by atoms with Crippen LogP contribution in [0.2, 0.25) is 0 Å². The maximum Gasteiger partial charge on any atom is 0.407 e. The van der Waals surface area contributed by atoms with E-state index in [-0.39, 0.29) is 31.5 Å². The lowest BCUT2D eigenvalue weighted by Crippen LogP contribution is -2.46. The lowest BCUT2D eigenvalue weighted by Gasteiger charge is -2.27. The number of carbonyl (C=O) groups excluding carboxylic acids is 2. The van der Waals surface area contributed by atoms with E-state index in [1.54, 1.807) is 0 Å². The zero-order valence-electron chi connectivity index (χ0n) is 20.7. The van der Waals surface area contributed by atoms with Crippen molar-refractivity contribution in [3.8, 4) is 11.1 Å². The predicted molar refractivity (Wildman–Crippen MR) is 134 cm³/mol. The highest BCUT2D eigenvalue weighted by atomic mass is 16.5. The second-order valence-electron chi connectivity index (χ2n) is 9.15. The molecule has 0 spiro atoms. The number of nitrogens with one attached hydrogen (secondary N) is 1. The first-order chi connectivity index (χ1) is 16.8. The highest BCUT2D eigenvalue weighted by molar-refractivity contribution is 5.84. The van der Waals surface area contributed by atoms with E-state index >= 15 is 0 Å². The predicted octanol–water partition coefficient (Wildman–Crippen LogP) is 3.42. The van der Waals surface area contributed by atoms with Crippen molar-refractivity contribution in [2.75, 3.05) is 46.9 Å². The van der Waals surface area contributed by atoms with Crippen LogP contribution in [-0.2, 0) is 14.3 Å². The summed E-state index contributed by atoms with van der Waals surface area (Å²) in [5.41, 5.74) is 4.57. The molecule has 0 saturated carbocycles. The third-order valence-electron chi connectivity index (χ3n) is 6.28. The molecule has 0 aliphatic heterocycles. The van der Waals surface area contributed by atoms with Crippen molar-refractivity contribution < 1.29 is 24.2 Å². The Balaban J connectivity index is 1.60. The first-order valence-corrected chi connectivity index (χ1v) is 12.1. The summed E-state index contributed by atoms with van der Waals surface area (Å²) in [4.78, 5) is 40.2. The summed E-state index contributed by atoms with van der Waals surface area (Å²) in [7, 11) is 3.73. The van der Waals surface area contributed by atoms with E-state index < -0.39 is 18.0 Å². The SMILES string of the molecule is CCCC(CNC(=O)OCC1c2ccccc2-c2ccccc21)C(=O)N(CCN(C)C)CC(=O)O. The second kappa shape index (κ2) is 12.4. The van der Waals surface area contributed by atoms with E-state index in [1.807, 2.05) is 50.2 Å². The van der Waals surface area contributed by atoms with Crippen molar-refractivity contribution in [1.29, 1.82) is 0 Å². The quantitative estimate of drug-likeness (QED) is 0.482. The number of benzene rings is 2. The fourth-order valence-electron chi connectivity index (χ4n) is 4.53. The number of fused-ring (bicyclic) bond motifs is 3. The van der Waals surface area contributed by atoms with Crippen LogP contribution in [0.15, 0.2) is 48.5 Å². The van der Waals surface area contributed by atoms with Crippen molar-refractivity contribution in [2.24, 2.45) is 5.92 Å². The number of amides is 2. The average Bonchev–Trinajstić information content (AvgIpc) is 3.16. The van der Waals surface area contributed by atoms with Crippen LogP contribution in [0.4, 0.5) is 4.79 Å². The van der Waals surface area contributed by atoms with Gasteiger partial charge < -0.3 is 25.0 Å². The molecule has 2 amide bonds.